The molecule has 110 valence electrons. The van der Waals surface area contributed by atoms with Gasteiger partial charge in [0.05, 0.1) is 0 Å². The second-order valence-electron chi connectivity index (χ2n) is 6.13. The number of carbonyl (C=O) groups excluding carboxylic acids is 1. The quantitative estimate of drug-likeness (QED) is 0.895. The van der Waals surface area contributed by atoms with E-state index in [1.54, 1.807) is 0 Å². The van der Waals surface area contributed by atoms with Gasteiger partial charge in [0.1, 0.15) is 0 Å². The summed E-state index contributed by atoms with van der Waals surface area (Å²) in [6.07, 6.45) is 2.57. The maximum absolute atomic E-state index is 12.2. The van der Waals surface area contributed by atoms with Crippen molar-refractivity contribution in [3.63, 3.8) is 0 Å². The summed E-state index contributed by atoms with van der Waals surface area (Å²) in [6, 6.07) is 8.20. The van der Waals surface area contributed by atoms with Gasteiger partial charge >= 0.3 is 0 Å². The Morgan fingerprint density at radius 1 is 1.20 bits per heavy atom. The van der Waals surface area contributed by atoms with E-state index in [0.717, 1.165) is 12.1 Å². The van der Waals surface area contributed by atoms with Gasteiger partial charge in [0, 0.05) is 18.2 Å². The Balaban J connectivity index is 1.91. The number of benzene rings is 1. The van der Waals surface area contributed by atoms with Gasteiger partial charge in [0.15, 0.2) is 0 Å². The van der Waals surface area contributed by atoms with Crippen molar-refractivity contribution in [3.05, 3.63) is 35.4 Å². The lowest BCUT2D eigenvalue weighted by atomic mass is 10.0. The van der Waals surface area contributed by atoms with E-state index in [0.29, 0.717) is 12.0 Å². The highest BCUT2D eigenvalue weighted by Gasteiger charge is 2.24. The maximum Gasteiger partial charge on any atom is 0.251 e. The predicted molar refractivity (Wildman–Crippen MR) is 82.9 cm³/mol. The van der Waals surface area contributed by atoms with Crippen LogP contribution in [-0.4, -0.2) is 36.5 Å². The molecule has 0 spiro atoms. The minimum absolute atomic E-state index is 0.0369. The molecule has 0 bridgehead atoms. The Kier molecular flexibility index (Phi) is 5.18. The van der Waals surface area contributed by atoms with Crippen LogP contribution in [0.3, 0.4) is 0 Å². The molecule has 1 saturated heterocycles. The first-order valence-corrected chi connectivity index (χ1v) is 7.67. The van der Waals surface area contributed by atoms with Crippen LogP contribution in [0.1, 0.15) is 42.6 Å². The minimum Gasteiger partial charge on any atom is -0.350 e. The van der Waals surface area contributed by atoms with Crippen LogP contribution in [0, 0.1) is 12.8 Å². The monoisotopic (exact) mass is 274 g/mol. The van der Waals surface area contributed by atoms with Crippen LogP contribution >= 0.6 is 0 Å². The molecule has 0 radical (unpaired) electrons. The second kappa shape index (κ2) is 6.89. The molecule has 2 rings (SSSR count). The molecular weight excluding hydrogens is 248 g/mol. The molecule has 1 aliphatic heterocycles. The number of rotatable bonds is 5. The molecule has 0 saturated carbocycles. The zero-order valence-corrected chi connectivity index (χ0v) is 12.9. The molecule has 1 heterocycles. The molecule has 0 aliphatic carbocycles. The van der Waals surface area contributed by atoms with Gasteiger partial charge in [-0.1, -0.05) is 31.5 Å². The van der Waals surface area contributed by atoms with Gasteiger partial charge in [-0.3, -0.25) is 9.69 Å². The molecule has 1 fully saturated rings. The number of hydrogen-bond donors (Lipinski definition) is 1. The van der Waals surface area contributed by atoms with Crippen LogP contribution in [0.4, 0.5) is 0 Å². The van der Waals surface area contributed by atoms with Gasteiger partial charge in [0.2, 0.25) is 0 Å². The van der Waals surface area contributed by atoms with Crippen LogP contribution in [0.5, 0.6) is 0 Å². The van der Waals surface area contributed by atoms with Crippen LogP contribution in [0.25, 0.3) is 0 Å². The number of nitrogens with one attached hydrogen (secondary N) is 1. The number of hydrogen-bond acceptors (Lipinski definition) is 2. The van der Waals surface area contributed by atoms with Crippen molar-refractivity contribution in [3.8, 4) is 0 Å². The molecule has 1 aliphatic rings. The number of carbonyl (C=O) groups is 1. The molecule has 0 aromatic heterocycles. The first-order valence-electron chi connectivity index (χ1n) is 7.67. The minimum atomic E-state index is 0.0369. The fourth-order valence-corrected chi connectivity index (χ4v) is 2.86. The molecule has 3 heteroatoms. The third-order valence-electron chi connectivity index (χ3n) is 4.16. The third kappa shape index (κ3) is 3.83. The van der Waals surface area contributed by atoms with Gasteiger partial charge in [-0.15, -0.1) is 0 Å². The first-order chi connectivity index (χ1) is 9.58. The Morgan fingerprint density at radius 3 is 2.35 bits per heavy atom. The van der Waals surface area contributed by atoms with Crippen molar-refractivity contribution in [2.24, 2.45) is 5.92 Å². The zero-order valence-electron chi connectivity index (χ0n) is 12.9. The molecule has 1 N–H and O–H groups in total. The van der Waals surface area contributed by atoms with E-state index in [1.807, 2.05) is 31.2 Å². The Labute approximate surface area is 122 Å². The maximum atomic E-state index is 12.2. The van der Waals surface area contributed by atoms with E-state index >= 15 is 0 Å². The van der Waals surface area contributed by atoms with Crippen molar-refractivity contribution in [2.45, 2.75) is 39.7 Å². The normalized spacial score (nSPS) is 17.4. The second-order valence-corrected chi connectivity index (χ2v) is 6.13. The van der Waals surface area contributed by atoms with E-state index in [2.05, 4.69) is 24.1 Å². The summed E-state index contributed by atoms with van der Waals surface area (Å²) < 4.78 is 0. The molecule has 1 unspecified atom stereocenters. The largest absolute Gasteiger partial charge is 0.350 e. The summed E-state index contributed by atoms with van der Waals surface area (Å²) in [5.41, 5.74) is 1.93. The van der Waals surface area contributed by atoms with Gasteiger partial charge in [-0.25, -0.2) is 0 Å². The van der Waals surface area contributed by atoms with E-state index < -0.39 is 0 Å². The molecule has 1 amide bonds. The van der Waals surface area contributed by atoms with Gasteiger partial charge in [-0.05, 0) is 50.9 Å². The average molecular weight is 274 g/mol. The summed E-state index contributed by atoms with van der Waals surface area (Å²) in [6.45, 7) is 9.59. The standard InChI is InChI=1S/C17H26N2O/c1-13(2)16(19-10-4-5-11-19)12-18-17(20)15-8-6-14(3)7-9-15/h6-9,13,16H,4-5,10-12H2,1-3H3,(H,18,20). The number of amides is 1. The first kappa shape index (κ1) is 15.0. The zero-order chi connectivity index (χ0) is 14.5. The van der Waals surface area contributed by atoms with Crippen molar-refractivity contribution < 1.29 is 4.79 Å². The van der Waals surface area contributed by atoms with Gasteiger partial charge in [0.25, 0.3) is 5.91 Å². The average Bonchev–Trinajstić information content (AvgIpc) is 2.93. The molecular formula is C17H26N2O. The predicted octanol–water partition coefficient (Wildman–Crippen LogP) is 2.85. The molecule has 1 aromatic rings. The SMILES string of the molecule is Cc1ccc(C(=O)NCC(C(C)C)N2CCCC2)cc1. The molecule has 3 nitrogen and oxygen atoms in total. The van der Waals surface area contributed by atoms with Crippen molar-refractivity contribution in [1.82, 2.24) is 10.2 Å². The van der Waals surface area contributed by atoms with Crippen LogP contribution in [0.15, 0.2) is 24.3 Å². The summed E-state index contributed by atoms with van der Waals surface area (Å²) in [4.78, 5) is 14.7. The fourth-order valence-electron chi connectivity index (χ4n) is 2.86. The van der Waals surface area contributed by atoms with Gasteiger partial charge < -0.3 is 5.32 Å². The van der Waals surface area contributed by atoms with E-state index in [1.165, 1.54) is 31.5 Å². The Hall–Kier alpha value is -1.35. The Bertz CT molecular complexity index is 433. The number of aryl methyl sites for hydroxylation is 1. The lowest BCUT2D eigenvalue weighted by molar-refractivity contribution is 0.0927. The van der Waals surface area contributed by atoms with Crippen LogP contribution < -0.4 is 5.32 Å². The van der Waals surface area contributed by atoms with Crippen molar-refractivity contribution in [1.29, 1.82) is 0 Å². The van der Waals surface area contributed by atoms with E-state index in [4.69, 9.17) is 0 Å². The topological polar surface area (TPSA) is 32.3 Å². The van der Waals surface area contributed by atoms with Crippen LogP contribution in [-0.2, 0) is 0 Å². The number of likely N-dealkylation sites (tertiary alicyclic amines) is 1. The summed E-state index contributed by atoms with van der Waals surface area (Å²) >= 11 is 0. The van der Waals surface area contributed by atoms with Crippen molar-refractivity contribution in [2.75, 3.05) is 19.6 Å². The molecule has 20 heavy (non-hydrogen) atoms. The molecule has 1 atom stereocenters. The van der Waals surface area contributed by atoms with Crippen LogP contribution in [0.2, 0.25) is 0 Å². The van der Waals surface area contributed by atoms with E-state index in [-0.39, 0.29) is 5.91 Å². The lowest BCUT2D eigenvalue weighted by Gasteiger charge is -2.31. The number of nitrogens with zero attached hydrogens (tertiary/aromatic N) is 1. The third-order valence-corrected chi connectivity index (χ3v) is 4.16. The van der Waals surface area contributed by atoms with Gasteiger partial charge in [-0.2, -0.15) is 0 Å². The Morgan fingerprint density at radius 2 is 1.80 bits per heavy atom. The summed E-state index contributed by atoms with van der Waals surface area (Å²) in [5, 5.41) is 3.10. The van der Waals surface area contributed by atoms with E-state index in [9.17, 15) is 4.79 Å². The highest BCUT2D eigenvalue weighted by atomic mass is 16.1. The highest BCUT2D eigenvalue weighted by Crippen LogP contribution is 2.17. The smallest absolute Gasteiger partial charge is 0.251 e. The van der Waals surface area contributed by atoms with Crippen molar-refractivity contribution >= 4 is 5.91 Å². The fraction of sp³-hybridized carbons (Fsp3) is 0.588. The lowest BCUT2D eigenvalue weighted by Crippen LogP contribution is -2.45. The highest BCUT2D eigenvalue weighted by molar-refractivity contribution is 5.94. The summed E-state index contributed by atoms with van der Waals surface area (Å²) in [7, 11) is 0. The summed E-state index contributed by atoms with van der Waals surface area (Å²) in [5.74, 6) is 0.598. The molecule has 1 aromatic carbocycles.